The van der Waals surface area contributed by atoms with Crippen LogP contribution in [0.2, 0.25) is 0 Å². The maximum Gasteiger partial charge on any atom is 0.344 e. The van der Waals surface area contributed by atoms with Crippen molar-refractivity contribution in [1.82, 2.24) is 0 Å². The first-order valence-corrected chi connectivity index (χ1v) is 11.9. The Balaban J connectivity index is 1.36. The maximum atomic E-state index is 14.1. The Morgan fingerprint density at radius 2 is 1.62 bits per heavy atom. The number of esters is 1. The summed E-state index contributed by atoms with van der Waals surface area (Å²) >= 11 is 0. The summed E-state index contributed by atoms with van der Waals surface area (Å²) in [5, 5.41) is 11.3. The van der Waals surface area contributed by atoms with E-state index in [0.29, 0.717) is 25.3 Å². The molecule has 2 heterocycles. The largest absolute Gasteiger partial charge is 0.420 e. The Hall–Kier alpha value is -4.72. The molecular weight excluding hydrogens is 473 g/mol. The fraction of sp³-hybridized carbons (Fsp3) is 0.138. The lowest BCUT2D eigenvalue weighted by atomic mass is 9.92. The summed E-state index contributed by atoms with van der Waals surface area (Å²) in [5.74, 6) is -1.33. The molecule has 0 aromatic heterocycles. The summed E-state index contributed by atoms with van der Waals surface area (Å²) in [5.41, 5.74) is 7.01. The number of aryl methyl sites for hydroxylation is 1. The number of nitro benzene ring substituents is 1. The predicted octanol–water partition coefficient (Wildman–Crippen LogP) is 6.23. The molecule has 4 aromatic carbocycles. The number of carbonyl (C=O) groups is 1. The highest BCUT2D eigenvalue weighted by molar-refractivity contribution is 5.99. The van der Waals surface area contributed by atoms with E-state index in [1.54, 1.807) is 36.4 Å². The number of nitrogens with zero attached hydrogens (tertiary/aromatic N) is 3. The van der Waals surface area contributed by atoms with Crippen molar-refractivity contribution < 1.29 is 18.8 Å². The minimum atomic E-state index is -0.624. The molecule has 8 heteroatoms. The number of hydrogen-bond donors (Lipinski definition) is 0. The van der Waals surface area contributed by atoms with E-state index in [0.717, 1.165) is 39.2 Å². The van der Waals surface area contributed by atoms with Crippen LogP contribution in [0.3, 0.4) is 0 Å². The fourth-order valence-electron chi connectivity index (χ4n) is 5.24. The van der Waals surface area contributed by atoms with Crippen molar-refractivity contribution in [3.63, 3.8) is 0 Å². The van der Waals surface area contributed by atoms with E-state index >= 15 is 0 Å². The Bertz CT molecular complexity index is 1590. The molecule has 2 bridgehead atoms. The molecule has 0 spiro atoms. The smallest absolute Gasteiger partial charge is 0.344 e. The highest BCUT2D eigenvalue weighted by atomic mass is 19.1. The molecule has 0 aliphatic carbocycles. The second-order valence-corrected chi connectivity index (χ2v) is 9.27. The molecular formula is C29H22FN3O4. The molecule has 6 rings (SSSR count). The summed E-state index contributed by atoms with van der Waals surface area (Å²) in [7, 11) is 0. The van der Waals surface area contributed by atoms with Crippen LogP contribution in [0.15, 0.2) is 78.9 Å². The van der Waals surface area contributed by atoms with Gasteiger partial charge in [-0.15, -0.1) is 0 Å². The van der Waals surface area contributed by atoms with E-state index in [4.69, 9.17) is 4.74 Å². The molecule has 0 fully saturated rings. The van der Waals surface area contributed by atoms with Crippen molar-refractivity contribution in [1.29, 1.82) is 0 Å². The van der Waals surface area contributed by atoms with Crippen LogP contribution >= 0.6 is 0 Å². The number of halogens is 1. The van der Waals surface area contributed by atoms with Gasteiger partial charge in [0.25, 0.3) is 5.69 Å². The van der Waals surface area contributed by atoms with E-state index in [1.807, 2.05) is 31.2 Å². The van der Waals surface area contributed by atoms with Crippen LogP contribution in [-0.2, 0) is 13.1 Å². The number of benzene rings is 4. The van der Waals surface area contributed by atoms with Gasteiger partial charge in [-0.3, -0.25) is 10.1 Å². The first kappa shape index (κ1) is 22.7. The lowest BCUT2D eigenvalue weighted by Gasteiger charge is -2.44. The summed E-state index contributed by atoms with van der Waals surface area (Å²) in [6, 6.07) is 22.3. The maximum absolute atomic E-state index is 14.1. The number of fused-ring (bicyclic) bond motifs is 6. The minimum absolute atomic E-state index is 0.0889. The Morgan fingerprint density at radius 1 is 0.919 bits per heavy atom. The van der Waals surface area contributed by atoms with Gasteiger partial charge >= 0.3 is 5.97 Å². The van der Waals surface area contributed by atoms with Crippen molar-refractivity contribution in [2.45, 2.75) is 20.0 Å². The standard InChI is InChI=1S/C29H22FN3O4/c1-18-5-4-6-23(29(34)37-27-8-3-2-7-24(27)30)28(18)19-9-11-25-20(13-19)15-31-17-32(25)16-21-14-22(33(35)36)10-12-26(21)31/h2-14H,15-17H2,1H3. The number of anilines is 2. The Kier molecular flexibility index (Phi) is 5.37. The molecule has 37 heavy (non-hydrogen) atoms. The van der Waals surface area contributed by atoms with Gasteiger partial charge in [0.1, 0.15) is 0 Å². The molecule has 7 nitrogen and oxygen atoms in total. The van der Waals surface area contributed by atoms with Gasteiger partial charge in [-0.2, -0.15) is 0 Å². The lowest BCUT2D eigenvalue weighted by molar-refractivity contribution is -0.384. The highest BCUT2D eigenvalue weighted by Gasteiger charge is 2.31. The number of hydrogen-bond acceptors (Lipinski definition) is 6. The lowest BCUT2D eigenvalue weighted by Crippen LogP contribution is -2.46. The monoisotopic (exact) mass is 495 g/mol. The number of ether oxygens (including phenoxy) is 1. The molecule has 2 aliphatic heterocycles. The molecule has 0 N–H and O–H groups in total. The molecule has 0 atom stereocenters. The summed E-state index contributed by atoms with van der Waals surface area (Å²) in [6.07, 6.45) is 0. The van der Waals surface area contributed by atoms with Crippen LogP contribution in [-0.4, -0.2) is 17.6 Å². The molecule has 4 aromatic rings. The topological polar surface area (TPSA) is 75.9 Å². The van der Waals surface area contributed by atoms with Gasteiger partial charge in [0.05, 0.1) is 17.2 Å². The van der Waals surface area contributed by atoms with Gasteiger partial charge < -0.3 is 14.5 Å². The molecule has 0 radical (unpaired) electrons. The number of rotatable bonds is 4. The van der Waals surface area contributed by atoms with Crippen LogP contribution in [0.25, 0.3) is 11.1 Å². The Morgan fingerprint density at radius 3 is 2.35 bits per heavy atom. The normalized spacial score (nSPS) is 13.6. The third kappa shape index (κ3) is 3.96. The van der Waals surface area contributed by atoms with E-state index in [1.165, 1.54) is 12.1 Å². The van der Waals surface area contributed by atoms with Crippen molar-refractivity contribution in [2.75, 3.05) is 16.5 Å². The van der Waals surface area contributed by atoms with Gasteiger partial charge in [-0.1, -0.05) is 30.3 Å². The fourth-order valence-corrected chi connectivity index (χ4v) is 5.24. The second kappa shape index (κ2) is 8.74. The van der Waals surface area contributed by atoms with Crippen LogP contribution in [0.5, 0.6) is 5.75 Å². The predicted molar refractivity (Wildman–Crippen MR) is 138 cm³/mol. The SMILES string of the molecule is Cc1cccc(C(=O)Oc2ccccc2F)c1-c1ccc2c(c1)CN1CN2Cc2cc([N+](=O)[O-])ccc21. The van der Waals surface area contributed by atoms with Crippen LogP contribution in [0, 0.1) is 22.9 Å². The zero-order valence-corrected chi connectivity index (χ0v) is 20.0. The average Bonchev–Trinajstić information content (AvgIpc) is 2.89. The van der Waals surface area contributed by atoms with Gasteiger partial charge in [0.15, 0.2) is 11.6 Å². The molecule has 184 valence electrons. The minimum Gasteiger partial charge on any atom is -0.420 e. The van der Waals surface area contributed by atoms with Gasteiger partial charge in [0.2, 0.25) is 0 Å². The zero-order chi connectivity index (χ0) is 25.7. The Labute approximate surface area is 212 Å². The molecule has 0 amide bonds. The van der Waals surface area contributed by atoms with Crippen molar-refractivity contribution in [3.8, 4) is 16.9 Å². The summed E-state index contributed by atoms with van der Waals surface area (Å²) < 4.78 is 19.5. The number of nitro groups is 1. The number of para-hydroxylation sites is 1. The second-order valence-electron chi connectivity index (χ2n) is 9.27. The van der Waals surface area contributed by atoms with Crippen molar-refractivity contribution in [2.24, 2.45) is 0 Å². The van der Waals surface area contributed by atoms with E-state index < -0.39 is 11.8 Å². The van der Waals surface area contributed by atoms with Crippen molar-refractivity contribution in [3.05, 3.63) is 117 Å². The van der Waals surface area contributed by atoms with Gasteiger partial charge in [-0.25, -0.2) is 9.18 Å². The average molecular weight is 496 g/mol. The third-order valence-corrected chi connectivity index (χ3v) is 6.92. The van der Waals surface area contributed by atoms with Crippen molar-refractivity contribution >= 4 is 23.0 Å². The first-order chi connectivity index (χ1) is 17.9. The van der Waals surface area contributed by atoms with E-state index in [9.17, 15) is 19.3 Å². The number of non-ortho nitro benzene ring substituents is 1. The molecule has 0 unspecified atom stereocenters. The van der Waals surface area contributed by atoms with Crippen LogP contribution in [0.1, 0.15) is 27.0 Å². The highest BCUT2D eigenvalue weighted by Crippen LogP contribution is 2.41. The number of carbonyl (C=O) groups excluding carboxylic acids is 1. The quantitative estimate of drug-likeness (QED) is 0.145. The molecule has 2 aliphatic rings. The van der Waals surface area contributed by atoms with E-state index in [-0.39, 0.29) is 16.4 Å². The first-order valence-electron chi connectivity index (χ1n) is 11.9. The summed E-state index contributed by atoms with van der Waals surface area (Å²) in [6.45, 7) is 3.83. The van der Waals surface area contributed by atoms with Crippen LogP contribution < -0.4 is 14.5 Å². The molecule has 0 saturated heterocycles. The van der Waals surface area contributed by atoms with Gasteiger partial charge in [-0.05, 0) is 65.6 Å². The summed E-state index contributed by atoms with van der Waals surface area (Å²) in [4.78, 5) is 28.4. The molecule has 0 saturated carbocycles. The van der Waals surface area contributed by atoms with Crippen LogP contribution in [0.4, 0.5) is 21.5 Å². The van der Waals surface area contributed by atoms with Gasteiger partial charge in [0, 0.05) is 42.2 Å². The van der Waals surface area contributed by atoms with E-state index in [2.05, 4.69) is 15.9 Å². The zero-order valence-electron chi connectivity index (χ0n) is 20.0. The third-order valence-electron chi connectivity index (χ3n) is 6.92.